The summed E-state index contributed by atoms with van der Waals surface area (Å²) in [5, 5.41) is 3.54. The van der Waals surface area contributed by atoms with Crippen molar-refractivity contribution in [2.45, 2.75) is 13.8 Å². The highest BCUT2D eigenvalue weighted by atomic mass is 35.5. The van der Waals surface area contributed by atoms with Crippen LogP contribution in [0, 0.1) is 5.92 Å². The molecule has 0 spiro atoms. The lowest BCUT2D eigenvalue weighted by molar-refractivity contribution is -0.134. The average molecular weight is 444 g/mol. The van der Waals surface area contributed by atoms with Crippen LogP contribution in [0.15, 0.2) is 36.4 Å². The number of rotatable bonds is 4. The Hall–Kier alpha value is -2.93. The molecule has 2 aliphatic rings. The van der Waals surface area contributed by atoms with Crippen molar-refractivity contribution >= 4 is 34.8 Å². The first-order valence-electron chi connectivity index (χ1n) is 10.5. The van der Waals surface area contributed by atoms with Crippen molar-refractivity contribution in [3.8, 4) is 11.5 Å². The number of nitrogens with one attached hydrogen (secondary N) is 1. The summed E-state index contributed by atoms with van der Waals surface area (Å²) in [5.41, 5.74) is 1.88. The standard InChI is InChI=1S/C23H26ClN3O4/c1-15(2)23(29)27-10-8-26(9-11-27)21-17(24)4-3-5-18(21)25-22(28)16-6-7-19-20(14-16)31-13-12-30-19/h3-7,14-15H,8-13H2,1-2H3,(H,25,28). The minimum atomic E-state index is -0.255. The van der Waals surface area contributed by atoms with Gasteiger partial charge in [0.2, 0.25) is 5.91 Å². The zero-order valence-corrected chi connectivity index (χ0v) is 18.4. The van der Waals surface area contributed by atoms with Crippen molar-refractivity contribution in [3.05, 3.63) is 47.0 Å². The molecule has 0 atom stereocenters. The molecule has 0 bridgehead atoms. The number of halogens is 1. The molecule has 0 unspecified atom stereocenters. The van der Waals surface area contributed by atoms with Gasteiger partial charge < -0.3 is 24.6 Å². The van der Waals surface area contributed by atoms with Crippen molar-refractivity contribution in [1.82, 2.24) is 4.90 Å². The molecule has 1 N–H and O–H groups in total. The van der Waals surface area contributed by atoms with Crippen LogP contribution in [0.2, 0.25) is 5.02 Å². The second kappa shape index (κ2) is 9.06. The first-order chi connectivity index (χ1) is 14.9. The fourth-order valence-corrected chi connectivity index (χ4v) is 4.13. The number of hydrogen-bond donors (Lipinski definition) is 1. The van der Waals surface area contributed by atoms with Crippen LogP contribution >= 0.6 is 11.6 Å². The minimum Gasteiger partial charge on any atom is -0.486 e. The SMILES string of the molecule is CC(C)C(=O)N1CCN(c2c(Cl)cccc2NC(=O)c2ccc3c(c2)OCCO3)CC1. The topological polar surface area (TPSA) is 71.1 Å². The molecule has 2 amide bonds. The van der Waals surface area contributed by atoms with Gasteiger partial charge in [0.25, 0.3) is 5.91 Å². The van der Waals surface area contributed by atoms with E-state index in [-0.39, 0.29) is 17.7 Å². The summed E-state index contributed by atoms with van der Waals surface area (Å²) in [6, 6.07) is 10.6. The van der Waals surface area contributed by atoms with E-state index in [2.05, 4.69) is 10.2 Å². The molecular weight excluding hydrogens is 418 g/mol. The lowest BCUT2D eigenvalue weighted by Crippen LogP contribution is -2.50. The third kappa shape index (κ3) is 4.56. The molecule has 0 saturated carbocycles. The predicted molar refractivity (Wildman–Crippen MR) is 120 cm³/mol. The van der Waals surface area contributed by atoms with E-state index < -0.39 is 0 Å². The number of nitrogens with zero attached hydrogens (tertiary/aromatic N) is 2. The van der Waals surface area contributed by atoms with Gasteiger partial charge in [-0.25, -0.2) is 0 Å². The highest BCUT2D eigenvalue weighted by molar-refractivity contribution is 6.34. The lowest BCUT2D eigenvalue weighted by Gasteiger charge is -2.38. The van der Waals surface area contributed by atoms with Gasteiger partial charge in [0, 0.05) is 37.7 Å². The Bertz CT molecular complexity index is 987. The third-order valence-corrected chi connectivity index (χ3v) is 5.75. The van der Waals surface area contributed by atoms with E-state index in [1.807, 2.05) is 36.9 Å². The molecule has 164 valence electrons. The van der Waals surface area contributed by atoms with E-state index in [9.17, 15) is 9.59 Å². The van der Waals surface area contributed by atoms with Gasteiger partial charge in [-0.1, -0.05) is 31.5 Å². The monoisotopic (exact) mass is 443 g/mol. The zero-order chi connectivity index (χ0) is 22.0. The second-order valence-electron chi connectivity index (χ2n) is 7.92. The van der Waals surface area contributed by atoms with Crippen LogP contribution in [0.5, 0.6) is 11.5 Å². The molecule has 2 aliphatic heterocycles. The number of fused-ring (bicyclic) bond motifs is 1. The summed E-state index contributed by atoms with van der Waals surface area (Å²) < 4.78 is 11.1. The van der Waals surface area contributed by atoms with Crippen LogP contribution in [-0.4, -0.2) is 56.1 Å². The third-order valence-electron chi connectivity index (χ3n) is 5.44. The molecule has 2 aromatic carbocycles. The summed E-state index contributed by atoms with van der Waals surface area (Å²) in [6.07, 6.45) is 0. The number of hydrogen-bond acceptors (Lipinski definition) is 5. The molecule has 4 rings (SSSR count). The molecule has 2 heterocycles. The van der Waals surface area contributed by atoms with Gasteiger partial charge in [0.15, 0.2) is 11.5 Å². The summed E-state index contributed by atoms with van der Waals surface area (Å²) in [4.78, 5) is 29.2. The van der Waals surface area contributed by atoms with Crippen molar-refractivity contribution in [3.63, 3.8) is 0 Å². The van der Waals surface area contributed by atoms with Crippen LogP contribution < -0.4 is 19.7 Å². The van der Waals surface area contributed by atoms with Crippen LogP contribution in [0.1, 0.15) is 24.2 Å². The van der Waals surface area contributed by atoms with Gasteiger partial charge in [-0.15, -0.1) is 0 Å². The number of carbonyl (C=O) groups excluding carboxylic acids is 2. The zero-order valence-electron chi connectivity index (χ0n) is 17.7. The Labute approximate surface area is 186 Å². The number of amides is 2. The predicted octanol–water partition coefficient (Wildman–Crippen LogP) is 3.67. The van der Waals surface area contributed by atoms with E-state index in [4.69, 9.17) is 21.1 Å². The maximum absolute atomic E-state index is 12.9. The molecule has 0 aliphatic carbocycles. The number of ether oxygens (including phenoxy) is 2. The fraction of sp³-hybridized carbons (Fsp3) is 0.391. The van der Waals surface area contributed by atoms with Crippen molar-refractivity contribution < 1.29 is 19.1 Å². The number of anilines is 2. The number of para-hydroxylation sites is 1. The number of benzene rings is 2. The molecule has 31 heavy (non-hydrogen) atoms. The van der Waals surface area contributed by atoms with Crippen LogP contribution in [0.3, 0.4) is 0 Å². The highest BCUT2D eigenvalue weighted by Crippen LogP contribution is 2.36. The summed E-state index contributed by atoms with van der Waals surface area (Å²) in [6.45, 7) is 7.32. The molecule has 0 aromatic heterocycles. The molecule has 1 fully saturated rings. The average Bonchev–Trinajstić information content (AvgIpc) is 2.78. The highest BCUT2D eigenvalue weighted by Gasteiger charge is 2.26. The van der Waals surface area contributed by atoms with E-state index in [0.717, 1.165) is 5.69 Å². The normalized spacial score (nSPS) is 15.7. The van der Waals surface area contributed by atoms with Crippen LogP contribution in [0.25, 0.3) is 0 Å². The van der Waals surface area contributed by atoms with Crippen molar-refractivity contribution in [2.75, 3.05) is 49.6 Å². The van der Waals surface area contributed by atoms with Crippen LogP contribution in [0.4, 0.5) is 11.4 Å². The van der Waals surface area contributed by atoms with E-state index >= 15 is 0 Å². The van der Waals surface area contributed by atoms with Gasteiger partial charge >= 0.3 is 0 Å². The van der Waals surface area contributed by atoms with Gasteiger partial charge in [0.05, 0.1) is 16.4 Å². The van der Waals surface area contributed by atoms with E-state index in [0.29, 0.717) is 67.2 Å². The molecule has 0 radical (unpaired) electrons. The minimum absolute atomic E-state index is 0.0206. The van der Waals surface area contributed by atoms with Gasteiger partial charge in [-0.3, -0.25) is 9.59 Å². The Balaban J connectivity index is 1.51. The Morgan fingerprint density at radius 1 is 1.00 bits per heavy atom. The summed E-state index contributed by atoms with van der Waals surface area (Å²) in [7, 11) is 0. The van der Waals surface area contributed by atoms with Gasteiger partial charge in [0.1, 0.15) is 13.2 Å². The van der Waals surface area contributed by atoms with E-state index in [1.165, 1.54) is 0 Å². The van der Waals surface area contributed by atoms with E-state index in [1.54, 1.807) is 18.2 Å². The quantitative estimate of drug-likeness (QED) is 0.780. The van der Waals surface area contributed by atoms with Gasteiger partial charge in [-0.05, 0) is 30.3 Å². The van der Waals surface area contributed by atoms with Crippen molar-refractivity contribution in [2.24, 2.45) is 5.92 Å². The Kier molecular flexibility index (Phi) is 6.23. The number of piperazine rings is 1. The number of carbonyl (C=O) groups is 2. The Morgan fingerprint density at radius 2 is 1.71 bits per heavy atom. The van der Waals surface area contributed by atoms with Crippen molar-refractivity contribution in [1.29, 1.82) is 0 Å². The Morgan fingerprint density at radius 3 is 2.42 bits per heavy atom. The summed E-state index contributed by atoms with van der Waals surface area (Å²) >= 11 is 6.53. The smallest absolute Gasteiger partial charge is 0.255 e. The molecule has 8 heteroatoms. The van der Waals surface area contributed by atoms with Crippen LogP contribution in [-0.2, 0) is 4.79 Å². The van der Waals surface area contributed by atoms with Gasteiger partial charge in [-0.2, -0.15) is 0 Å². The second-order valence-corrected chi connectivity index (χ2v) is 8.32. The summed E-state index contributed by atoms with van der Waals surface area (Å²) in [5.74, 6) is 1.09. The first kappa shape index (κ1) is 21.3. The largest absolute Gasteiger partial charge is 0.486 e. The maximum Gasteiger partial charge on any atom is 0.255 e. The molecule has 1 saturated heterocycles. The molecule has 7 nitrogen and oxygen atoms in total. The maximum atomic E-state index is 12.9. The fourth-order valence-electron chi connectivity index (χ4n) is 3.83. The lowest BCUT2D eigenvalue weighted by atomic mass is 10.1. The molecular formula is C23H26ClN3O4. The molecule has 2 aromatic rings. The first-order valence-corrected chi connectivity index (χ1v) is 10.8.